The van der Waals surface area contributed by atoms with Crippen LogP contribution in [0.4, 0.5) is 0 Å². The van der Waals surface area contributed by atoms with Gasteiger partial charge >= 0.3 is 0 Å². The monoisotopic (exact) mass is 297 g/mol. The quantitative estimate of drug-likeness (QED) is 0.908. The van der Waals surface area contributed by atoms with Crippen LogP contribution in [0.3, 0.4) is 0 Å². The fourth-order valence-electron chi connectivity index (χ4n) is 2.29. The summed E-state index contributed by atoms with van der Waals surface area (Å²) in [5.41, 5.74) is 1.74. The molecule has 1 aliphatic rings. The van der Waals surface area contributed by atoms with Gasteiger partial charge in [-0.15, -0.1) is 0 Å². The molecule has 0 bridgehead atoms. The van der Waals surface area contributed by atoms with E-state index in [1.54, 1.807) is 13.2 Å². The number of hydrogen-bond acceptors (Lipinski definition) is 3. The Labute approximate surface area is 124 Å². The average molecular weight is 298 g/mol. The van der Waals surface area contributed by atoms with Crippen LogP contribution in [-0.2, 0) is 16.0 Å². The number of rotatable bonds is 5. The molecule has 5 heteroatoms. The molecule has 0 aromatic heterocycles. The van der Waals surface area contributed by atoms with Crippen molar-refractivity contribution in [3.63, 3.8) is 0 Å². The molecule has 1 unspecified atom stereocenters. The molecule has 1 aromatic carbocycles. The van der Waals surface area contributed by atoms with Gasteiger partial charge < -0.3 is 14.8 Å². The molecule has 1 amide bonds. The first-order chi connectivity index (χ1) is 9.60. The Morgan fingerprint density at radius 2 is 2.35 bits per heavy atom. The second-order valence-electron chi connectivity index (χ2n) is 5.03. The summed E-state index contributed by atoms with van der Waals surface area (Å²) in [4.78, 5) is 12.0. The lowest BCUT2D eigenvalue weighted by atomic mass is 10.1. The number of hydrogen-bond donors (Lipinski definition) is 1. The van der Waals surface area contributed by atoms with E-state index in [1.807, 2.05) is 13.0 Å². The van der Waals surface area contributed by atoms with Gasteiger partial charge in [0.15, 0.2) is 0 Å². The summed E-state index contributed by atoms with van der Waals surface area (Å²) in [7, 11) is 1.59. The number of aryl methyl sites for hydroxylation is 1. The molecule has 2 rings (SSSR count). The van der Waals surface area contributed by atoms with E-state index in [-0.39, 0.29) is 18.4 Å². The van der Waals surface area contributed by atoms with Crippen molar-refractivity contribution in [1.29, 1.82) is 0 Å². The number of carbonyl (C=O) groups is 1. The molecule has 1 heterocycles. The van der Waals surface area contributed by atoms with Gasteiger partial charge in [-0.1, -0.05) is 11.6 Å². The molecule has 1 aromatic rings. The van der Waals surface area contributed by atoms with E-state index >= 15 is 0 Å². The van der Waals surface area contributed by atoms with Crippen molar-refractivity contribution in [3.8, 4) is 5.75 Å². The van der Waals surface area contributed by atoms with Crippen molar-refractivity contribution >= 4 is 17.5 Å². The van der Waals surface area contributed by atoms with Gasteiger partial charge in [-0.3, -0.25) is 4.79 Å². The molecule has 1 fully saturated rings. The lowest BCUT2D eigenvalue weighted by molar-refractivity contribution is -0.120. The lowest BCUT2D eigenvalue weighted by Gasteiger charge is -2.13. The topological polar surface area (TPSA) is 47.6 Å². The number of amides is 1. The molecule has 1 N–H and O–H groups in total. The van der Waals surface area contributed by atoms with Crippen LogP contribution in [0.1, 0.15) is 24.0 Å². The van der Waals surface area contributed by atoms with Gasteiger partial charge in [-0.2, -0.15) is 0 Å². The zero-order valence-corrected chi connectivity index (χ0v) is 12.6. The Balaban J connectivity index is 1.94. The largest absolute Gasteiger partial charge is 0.496 e. The molecule has 1 atom stereocenters. The van der Waals surface area contributed by atoms with Crippen molar-refractivity contribution in [3.05, 3.63) is 28.3 Å². The van der Waals surface area contributed by atoms with Crippen LogP contribution in [0.5, 0.6) is 5.75 Å². The Hall–Kier alpha value is -1.26. The first-order valence-corrected chi connectivity index (χ1v) is 7.19. The number of methoxy groups -OCH3 is 1. The minimum absolute atomic E-state index is 0.0429. The first-order valence-electron chi connectivity index (χ1n) is 6.81. The lowest BCUT2D eigenvalue weighted by Crippen LogP contribution is -2.32. The van der Waals surface area contributed by atoms with Gasteiger partial charge in [-0.05, 0) is 37.5 Å². The second kappa shape index (κ2) is 6.95. The zero-order chi connectivity index (χ0) is 14.5. The maximum Gasteiger partial charge on any atom is 0.224 e. The van der Waals surface area contributed by atoms with Crippen LogP contribution < -0.4 is 10.1 Å². The molecule has 4 nitrogen and oxygen atoms in total. The van der Waals surface area contributed by atoms with Gasteiger partial charge in [0.2, 0.25) is 5.91 Å². The van der Waals surface area contributed by atoms with Crippen LogP contribution in [0.2, 0.25) is 5.02 Å². The minimum atomic E-state index is -0.0429. The third kappa shape index (κ3) is 3.87. The molecule has 0 saturated carbocycles. The highest BCUT2D eigenvalue weighted by Crippen LogP contribution is 2.26. The van der Waals surface area contributed by atoms with Crippen LogP contribution in [0.15, 0.2) is 12.1 Å². The number of benzene rings is 1. The molecular weight excluding hydrogens is 278 g/mol. The van der Waals surface area contributed by atoms with Gasteiger partial charge in [0.25, 0.3) is 0 Å². The second-order valence-corrected chi connectivity index (χ2v) is 5.44. The van der Waals surface area contributed by atoms with Gasteiger partial charge in [0.05, 0.1) is 19.6 Å². The van der Waals surface area contributed by atoms with Crippen molar-refractivity contribution in [1.82, 2.24) is 5.32 Å². The molecule has 110 valence electrons. The van der Waals surface area contributed by atoms with E-state index in [1.165, 1.54) is 0 Å². The van der Waals surface area contributed by atoms with E-state index in [0.717, 1.165) is 30.6 Å². The predicted octanol–water partition coefficient (Wildman–Crippen LogP) is 2.49. The van der Waals surface area contributed by atoms with Gasteiger partial charge in [0.1, 0.15) is 5.75 Å². The predicted molar refractivity (Wildman–Crippen MR) is 78.4 cm³/mol. The van der Waals surface area contributed by atoms with Crippen LogP contribution in [0.25, 0.3) is 0 Å². The van der Waals surface area contributed by atoms with Crippen LogP contribution in [0, 0.1) is 6.92 Å². The molecule has 1 saturated heterocycles. The third-order valence-electron chi connectivity index (χ3n) is 3.46. The van der Waals surface area contributed by atoms with E-state index < -0.39 is 0 Å². The summed E-state index contributed by atoms with van der Waals surface area (Å²) in [5.74, 6) is 0.651. The summed E-state index contributed by atoms with van der Waals surface area (Å²) in [6, 6.07) is 3.65. The molecule has 0 aliphatic carbocycles. The Morgan fingerprint density at radius 1 is 1.55 bits per heavy atom. The number of nitrogens with one attached hydrogen (secondary N) is 1. The van der Waals surface area contributed by atoms with Gasteiger partial charge in [0, 0.05) is 23.7 Å². The standard InChI is InChI=1S/C15H20ClNO3/c1-10-6-14(19-2)11(7-13(10)16)8-15(18)17-9-12-4-3-5-20-12/h6-7,12H,3-5,8-9H2,1-2H3,(H,17,18). The highest BCUT2D eigenvalue weighted by Gasteiger charge is 2.17. The maximum absolute atomic E-state index is 12.0. The Morgan fingerprint density at radius 3 is 3.00 bits per heavy atom. The van der Waals surface area contributed by atoms with E-state index in [2.05, 4.69) is 5.32 Å². The highest BCUT2D eigenvalue weighted by atomic mass is 35.5. The van der Waals surface area contributed by atoms with Crippen molar-refractivity contribution in [2.24, 2.45) is 0 Å². The smallest absolute Gasteiger partial charge is 0.224 e. The summed E-state index contributed by atoms with van der Waals surface area (Å²) in [6.07, 6.45) is 2.50. The average Bonchev–Trinajstić information content (AvgIpc) is 2.93. The van der Waals surface area contributed by atoms with E-state index in [0.29, 0.717) is 17.3 Å². The molecular formula is C15H20ClNO3. The molecule has 1 aliphatic heterocycles. The number of ether oxygens (including phenoxy) is 2. The maximum atomic E-state index is 12.0. The van der Waals surface area contributed by atoms with Crippen LogP contribution >= 0.6 is 11.6 Å². The van der Waals surface area contributed by atoms with Gasteiger partial charge in [-0.25, -0.2) is 0 Å². The van der Waals surface area contributed by atoms with Crippen molar-refractivity contribution < 1.29 is 14.3 Å². The Kier molecular flexibility index (Phi) is 5.26. The minimum Gasteiger partial charge on any atom is -0.496 e. The normalized spacial score (nSPS) is 18.1. The molecule has 20 heavy (non-hydrogen) atoms. The highest BCUT2D eigenvalue weighted by molar-refractivity contribution is 6.31. The Bertz CT molecular complexity index is 484. The van der Waals surface area contributed by atoms with E-state index in [9.17, 15) is 4.79 Å². The fourth-order valence-corrected chi connectivity index (χ4v) is 2.48. The number of carbonyl (C=O) groups excluding carboxylic acids is 1. The van der Waals surface area contributed by atoms with Crippen LogP contribution in [-0.4, -0.2) is 32.3 Å². The summed E-state index contributed by atoms with van der Waals surface area (Å²) in [6.45, 7) is 3.27. The summed E-state index contributed by atoms with van der Waals surface area (Å²) in [5, 5.41) is 3.54. The first kappa shape index (κ1) is 15.1. The summed E-state index contributed by atoms with van der Waals surface area (Å²) >= 11 is 6.10. The fraction of sp³-hybridized carbons (Fsp3) is 0.533. The third-order valence-corrected chi connectivity index (χ3v) is 3.87. The number of halogens is 1. The molecule has 0 spiro atoms. The summed E-state index contributed by atoms with van der Waals surface area (Å²) < 4.78 is 10.8. The zero-order valence-electron chi connectivity index (χ0n) is 11.9. The van der Waals surface area contributed by atoms with Crippen molar-refractivity contribution in [2.75, 3.05) is 20.3 Å². The van der Waals surface area contributed by atoms with E-state index in [4.69, 9.17) is 21.1 Å². The SMILES string of the molecule is COc1cc(C)c(Cl)cc1CC(=O)NCC1CCCO1. The van der Waals surface area contributed by atoms with Crippen molar-refractivity contribution in [2.45, 2.75) is 32.3 Å². The molecule has 0 radical (unpaired) electrons.